The summed E-state index contributed by atoms with van der Waals surface area (Å²) in [6.45, 7) is 8.79. The van der Waals surface area contributed by atoms with Crippen LogP contribution in [0.3, 0.4) is 0 Å². The SMILES string of the molecule is C=CCn1c(=S)[nH]c2cc(C(=O)NCc3ccc(CN4CCOCC4)cc3)ccc2c1=O. The first-order valence-electron chi connectivity index (χ1n) is 10.6. The summed E-state index contributed by atoms with van der Waals surface area (Å²) < 4.78 is 7.13. The molecule has 4 rings (SSSR count). The fourth-order valence-electron chi connectivity index (χ4n) is 3.76. The van der Waals surface area contributed by atoms with Gasteiger partial charge < -0.3 is 15.0 Å². The second-order valence-electron chi connectivity index (χ2n) is 7.78. The van der Waals surface area contributed by atoms with Gasteiger partial charge in [-0.1, -0.05) is 30.3 Å². The summed E-state index contributed by atoms with van der Waals surface area (Å²) in [5.41, 5.74) is 3.08. The molecular formula is C24H26N4O3S. The Morgan fingerprint density at radius 1 is 1.16 bits per heavy atom. The van der Waals surface area contributed by atoms with Crippen LogP contribution in [0.15, 0.2) is 59.9 Å². The van der Waals surface area contributed by atoms with Gasteiger partial charge in [-0.05, 0) is 41.5 Å². The van der Waals surface area contributed by atoms with Crippen molar-refractivity contribution < 1.29 is 9.53 Å². The van der Waals surface area contributed by atoms with Crippen LogP contribution in [0.2, 0.25) is 0 Å². The number of H-pyrrole nitrogens is 1. The number of nitrogens with zero attached hydrogens (tertiary/aromatic N) is 2. The molecule has 0 spiro atoms. The Hall–Kier alpha value is -3.07. The number of ether oxygens (including phenoxy) is 1. The number of aromatic nitrogens is 2. The third-order valence-corrected chi connectivity index (χ3v) is 5.86. The van der Waals surface area contributed by atoms with E-state index in [9.17, 15) is 9.59 Å². The number of nitrogens with one attached hydrogen (secondary N) is 2. The van der Waals surface area contributed by atoms with Crippen molar-refractivity contribution in [1.29, 1.82) is 0 Å². The van der Waals surface area contributed by atoms with E-state index < -0.39 is 0 Å². The van der Waals surface area contributed by atoms with Crippen LogP contribution in [0.25, 0.3) is 10.9 Å². The van der Waals surface area contributed by atoms with Crippen LogP contribution >= 0.6 is 12.2 Å². The molecule has 2 N–H and O–H groups in total. The van der Waals surface area contributed by atoms with Gasteiger partial charge in [-0.3, -0.25) is 19.1 Å². The van der Waals surface area contributed by atoms with Crippen LogP contribution in [-0.4, -0.2) is 46.7 Å². The predicted octanol–water partition coefficient (Wildman–Crippen LogP) is 3.01. The summed E-state index contributed by atoms with van der Waals surface area (Å²) in [5.74, 6) is -0.209. The van der Waals surface area contributed by atoms with E-state index in [4.69, 9.17) is 17.0 Å². The number of allylic oxidation sites excluding steroid dienone is 1. The van der Waals surface area contributed by atoms with Gasteiger partial charge in [0.15, 0.2) is 4.77 Å². The molecule has 1 amide bonds. The average molecular weight is 451 g/mol. The molecule has 32 heavy (non-hydrogen) atoms. The second kappa shape index (κ2) is 10.0. The Morgan fingerprint density at radius 3 is 2.59 bits per heavy atom. The number of carbonyl (C=O) groups excluding carboxylic acids is 1. The largest absolute Gasteiger partial charge is 0.379 e. The molecular weight excluding hydrogens is 424 g/mol. The molecule has 0 bridgehead atoms. The first kappa shape index (κ1) is 22.1. The summed E-state index contributed by atoms with van der Waals surface area (Å²) in [6, 6.07) is 13.2. The van der Waals surface area contributed by atoms with Gasteiger partial charge >= 0.3 is 0 Å². The van der Waals surface area contributed by atoms with Crippen LogP contribution < -0.4 is 10.9 Å². The fourth-order valence-corrected chi connectivity index (χ4v) is 4.02. The Kier molecular flexibility index (Phi) is 6.94. The Bertz CT molecular complexity index is 1240. The van der Waals surface area contributed by atoms with Gasteiger partial charge in [-0.15, -0.1) is 6.58 Å². The lowest BCUT2D eigenvalue weighted by molar-refractivity contribution is 0.0342. The maximum Gasteiger partial charge on any atom is 0.262 e. The maximum atomic E-state index is 12.7. The minimum atomic E-state index is -0.209. The summed E-state index contributed by atoms with van der Waals surface area (Å²) in [5, 5.41) is 3.42. The highest BCUT2D eigenvalue weighted by atomic mass is 32.1. The van der Waals surface area contributed by atoms with E-state index in [0.717, 1.165) is 38.4 Å². The third-order valence-electron chi connectivity index (χ3n) is 5.54. The fraction of sp³-hybridized carbons (Fsp3) is 0.292. The molecule has 0 aliphatic carbocycles. The topological polar surface area (TPSA) is 79.4 Å². The van der Waals surface area contributed by atoms with Crippen LogP contribution in [0, 0.1) is 4.77 Å². The van der Waals surface area contributed by atoms with Crippen molar-refractivity contribution in [2.45, 2.75) is 19.6 Å². The molecule has 0 saturated carbocycles. The van der Waals surface area contributed by atoms with E-state index in [0.29, 0.717) is 34.3 Å². The number of morpholine rings is 1. The van der Waals surface area contributed by atoms with Crippen molar-refractivity contribution in [1.82, 2.24) is 19.8 Å². The number of hydrogen-bond acceptors (Lipinski definition) is 5. The van der Waals surface area contributed by atoms with Crippen molar-refractivity contribution in [3.8, 4) is 0 Å². The van der Waals surface area contributed by atoms with E-state index in [1.807, 2.05) is 12.1 Å². The van der Waals surface area contributed by atoms with Gasteiger partial charge in [-0.25, -0.2) is 0 Å². The smallest absolute Gasteiger partial charge is 0.262 e. The van der Waals surface area contributed by atoms with Crippen molar-refractivity contribution in [3.63, 3.8) is 0 Å². The van der Waals surface area contributed by atoms with E-state index in [1.54, 1.807) is 24.3 Å². The highest BCUT2D eigenvalue weighted by Gasteiger charge is 2.12. The molecule has 3 aromatic rings. The minimum absolute atomic E-state index is 0.201. The maximum absolute atomic E-state index is 12.7. The monoisotopic (exact) mass is 450 g/mol. The van der Waals surface area contributed by atoms with Gasteiger partial charge in [-0.2, -0.15) is 0 Å². The molecule has 2 aromatic carbocycles. The van der Waals surface area contributed by atoms with Gasteiger partial charge in [0, 0.05) is 38.3 Å². The van der Waals surface area contributed by atoms with Crippen molar-refractivity contribution in [3.05, 3.63) is 86.9 Å². The summed E-state index contributed by atoms with van der Waals surface area (Å²) in [7, 11) is 0. The zero-order chi connectivity index (χ0) is 22.5. The standard InChI is InChI=1S/C24H26N4O3S/c1-2-9-28-23(30)20-8-7-19(14-21(20)26-24(28)32)22(29)25-15-17-3-5-18(6-4-17)16-27-10-12-31-13-11-27/h2-8,14H,1,9-13,15-16H2,(H,25,29)(H,26,32). The number of carbonyl (C=O) groups is 1. The average Bonchev–Trinajstić information content (AvgIpc) is 2.81. The summed E-state index contributed by atoms with van der Waals surface area (Å²) in [6.07, 6.45) is 1.62. The first-order chi connectivity index (χ1) is 15.5. The molecule has 0 unspecified atom stereocenters. The number of fused-ring (bicyclic) bond motifs is 1. The van der Waals surface area contributed by atoms with Crippen molar-refractivity contribution in [2.24, 2.45) is 0 Å². The Balaban J connectivity index is 1.41. The molecule has 8 heteroatoms. The van der Waals surface area contributed by atoms with E-state index in [-0.39, 0.29) is 11.5 Å². The highest BCUT2D eigenvalue weighted by Crippen LogP contribution is 2.12. The molecule has 1 aliphatic rings. The summed E-state index contributed by atoms with van der Waals surface area (Å²) in [4.78, 5) is 30.7. The summed E-state index contributed by atoms with van der Waals surface area (Å²) >= 11 is 5.27. The Morgan fingerprint density at radius 2 is 1.88 bits per heavy atom. The molecule has 1 saturated heterocycles. The molecule has 7 nitrogen and oxygen atoms in total. The molecule has 0 atom stereocenters. The predicted molar refractivity (Wildman–Crippen MR) is 127 cm³/mol. The number of hydrogen-bond donors (Lipinski definition) is 2. The van der Waals surface area contributed by atoms with Crippen LogP contribution in [-0.2, 0) is 24.4 Å². The number of aromatic amines is 1. The molecule has 0 radical (unpaired) electrons. The lowest BCUT2D eigenvalue weighted by Gasteiger charge is -2.26. The van der Waals surface area contributed by atoms with E-state index in [1.165, 1.54) is 10.1 Å². The molecule has 1 aliphatic heterocycles. The minimum Gasteiger partial charge on any atom is -0.379 e. The van der Waals surface area contributed by atoms with Crippen LogP contribution in [0.5, 0.6) is 0 Å². The molecule has 166 valence electrons. The molecule has 1 aromatic heterocycles. The quantitative estimate of drug-likeness (QED) is 0.427. The zero-order valence-corrected chi connectivity index (χ0v) is 18.6. The van der Waals surface area contributed by atoms with Crippen LogP contribution in [0.4, 0.5) is 0 Å². The van der Waals surface area contributed by atoms with Gasteiger partial charge in [0.25, 0.3) is 11.5 Å². The lowest BCUT2D eigenvalue weighted by atomic mass is 10.1. The normalized spacial score (nSPS) is 14.4. The second-order valence-corrected chi connectivity index (χ2v) is 8.17. The van der Waals surface area contributed by atoms with E-state index in [2.05, 4.69) is 33.9 Å². The first-order valence-corrected chi connectivity index (χ1v) is 11.0. The van der Waals surface area contributed by atoms with E-state index >= 15 is 0 Å². The van der Waals surface area contributed by atoms with Crippen LogP contribution in [0.1, 0.15) is 21.5 Å². The van der Waals surface area contributed by atoms with Crippen molar-refractivity contribution in [2.75, 3.05) is 26.3 Å². The number of amides is 1. The van der Waals surface area contributed by atoms with Crippen molar-refractivity contribution >= 4 is 29.0 Å². The van der Waals surface area contributed by atoms with Gasteiger partial charge in [0.1, 0.15) is 0 Å². The molecule has 1 fully saturated rings. The number of benzene rings is 2. The number of rotatable bonds is 7. The van der Waals surface area contributed by atoms with Gasteiger partial charge in [0.05, 0.1) is 24.1 Å². The third kappa shape index (κ3) is 5.04. The lowest BCUT2D eigenvalue weighted by Crippen LogP contribution is -2.35. The Labute approximate surface area is 191 Å². The zero-order valence-electron chi connectivity index (χ0n) is 17.8. The molecule has 2 heterocycles. The van der Waals surface area contributed by atoms with Gasteiger partial charge in [0.2, 0.25) is 0 Å². The highest BCUT2D eigenvalue weighted by molar-refractivity contribution is 7.71.